The van der Waals surface area contributed by atoms with E-state index in [1.165, 1.54) is 16.4 Å². The molecule has 1 unspecified atom stereocenters. The van der Waals surface area contributed by atoms with Gasteiger partial charge in [-0.15, -0.1) is 0 Å². The first-order valence-corrected chi connectivity index (χ1v) is 11.5. The lowest BCUT2D eigenvalue weighted by Crippen LogP contribution is -2.44. The van der Waals surface area contributed by atoms with E-state index in [2.05, 4.69) is 4.98 Å². The number of pyridine rings is 1. The van der Waals surface area contributed by atoms with E-state index in [4.69, 9.17) is 4.74 Å². The van der Waals surface area contributed by atoms with Crippen molar-refractivity contribution in [2.75, 3.05) is 6.54 Å². The van der Waals surface area contributed by atoms with Crippen molar-refractivity contribution in [1.82, 2.24) is 9.29 Å². The second-order valence-electron chi connectivity index (χ2n) is 7.51. The third-order valence-corrected chi connectivity index (χ3v) is 7.35. The van der Waals surface area contributed by atoms with Crippen molar-refractivity contribution in [2.45, 2.75) is 43.7 Å². The van der Waals surface area contributed by atoms with Crippen LogP contribution in [0, 0.1) is 6.92 Å². The Labute approximate surface area is 176 Å². The first-order valence-electron chi connectivity index (χ1n) is 10.0. The van der Waals surface area contributed by atoms with Gasteiger partial charge in [-0.1, -0.05) is 24.6 Å². The Kier molecular flexibility index (Phi) is 5.83. The summed E-state index contributed by atoms with van der Waals surface area (Å²) in [6.07, 6.45) is 2.94. The quantitative estimate of drug-likeness (QED) is 0.562. The van der Waals surface area contributed by atoms with Gasteiger partial charge in [-0.2, -0.15) is 4.31 Å². The number of benzene rings is 2. The summed E-state index contributed by atoms with van der Waals surface area (Å²) in [5.74, 6) is 0.582. The van der Waals surface area contributed by atoms with Gasteiger partial charge in [0.05, 0.1) is 16.5 Å². The van der Waals surface area contributed by atoms with Crippen molar-refractivity contribution in [3.8, 4) is 5.75 Å². The maximum absolute atomic E-state index is 13.0. The number of fused-ring (bicyclic) bond motifs is 1. The fourth-order valence-electron chi connectivity index (χ4n) is 3.88. The normalized spacial score (nSPS) is 17.7. The van der Waals surface area contributed by atoms with E-state index >= 15 is 0 Å². The lowest BCUT2D eigenvalue weighted by atomic mass is 10.1. The molecule has 1 saturated heterocycles. The van der Waals surface area contributed by atoms with E-state index in [9.17, 15) is 13.2 Å². The van der Waals surface area contributed by atoms with Crippen LogP contribution in [0.1, 0.15) is 30.5 Å². The van der Waals surface area contributed by atoms with Crippen molar-refractivity contribution >= 4 is 27.2 Å². The van der Waals surface area contributed by atoms with Crippen molar-refractivity contribution in [2.24, 2.45) is 0 Å². The molecule has 0 saturated carbocycles. The van der Waals surface area contributed by atoms with Crippen LogP contribution in [0.2, 0.25) is 0 Å². The standard InChI is InChI=1S/C23H24N2O4S/c1-17-14-18(22-7-2-3-8-23(22)24-17)16-29-20-9-11-21(12-10-20)30(27,28)25-13-5-4-6-19(25)15-26/h2-3,7-12,14-15,19H,4-6,13,16H2,1H3. The van der Waals surface area contributed by atoms with Crippen molar-refractivity contribution in [3.63, 3.8) is 0 Å². The van der Waals surface area contributed by atoms with Gasteiger partial charge in [0, 0.05) is 23.2 Å². The zero-order chi connectivity index (χ0) is 21.1. The van der Waals surface area contributed by atoms with Gasteiger partial charge in [0.1, 0.15) is 18.6 Å². The average molecular weight is 425 g/mol. The zero-order valence-corrected chi connectivity index (χ0v) is 17.6. The molecule has 4 rings (SSSR count). The molecule has 0 bridgehead atoms. The molecular formula is C23H24N2O4S. The molecule has 1 aliphatic rings. The number of aryl methyl sites for hydroxylation is 1. The van der Waals surface area contributed by atoms with Gasteiger partial charge in [-0.25, -0.2) is 8.42 Å². The summed E-state index contributed by atoms with van der Waals surface area (Å²) in [6.45, 7) is 2.68. The van der Waals surface area contributed by atoms with E-state index in [0.29, 0.717) is 25.3 Å². The maximum Gasteiger partial charge on any atom is 0.243 e. The van der Waals surface area contributed by atoms with Crippen LogP contribution in [-0.2, 0) is 21.4 Å². The molecule has 7 heteroatoms. The highest BCUT2D eigenvalue weighted by atomic mass is 32.2. The number of rotatable bonds is 6. The minimum atomic E-state index is -3.70. The number of para-hydroxylation sites is 1. The van der Waals surface area contributed by atoms with Gasteiger partial charge < -0.3 is 9.53 Å². The molecule has 1 atom stereocenters. The number of carbonyl (C=O) groups excluding carboxylic acids is 1. The van der Waals surface area contributed by atoms with Crippen LogP contribution in [0.15, 0.2) is 59.5 Å². The van der Waals surface area contributed by atoms with Gasteiger partial charge in [-0.3, -0.25) is 4.98 Å². The first kappa shape index (κ1) is 20.5. The van der Waals surface area contributed by atoms with E-state index in [1.807, 2.05) is 37.3 Å². The van der Waals surface area contributed by atoms with Crippen LogP contribution in [0.5, 0.6) is 5.75 Å². The smallest absolute Gasteiger partial charge is 0.243 e. The van der Waals surface area contributed by atoms with Crippen molar-refractivity contribution in [1.29, 1.82) is 0 Å². The Morgan fingerprint density at radius 2 is 1.90 bits per heavy atom. The van der Waals surface area contributed by atoms with E-state index in [0.717, 1.165) is 41.3 Å². The fraction of sp³-hybridized carbons (Fsp3) is 0.304. The molecule has 1 aromatic heterocycles. The Balaban J connectivity index is 1.51. The topological polar surface area (TPSA) is 76.6 Å². The molecular weight excluding hydrogens is 400 g/mol. The number of hydrogen-bond acceptors (Lipinski definition) is 5. The molecule has 6 nitrogen and oxygen atoms in total. The molecule has 1 fully saturated rings. The van der Waals surface area contributed by atoms with Gasteiger partial charge in [0.15, 0.2) is 0 Å². The fourth-order valence-corrected chi connectivity index (χ4v) is 5.52. The number of piperidine rings is 1. The van der Waals surface area contributed by atoms with E-state index < -0.39 is 16.1 Å². The van der Waals surface area contributed by atoms with Crippen LogP contribution < -0.4 is 4.74 Å². The summed E-state index contributed by atoms with van der Waals surface area (Å²) in [5.41, 5.74) is 2.86. The Hall–Kier alpha value is -2.77. The predicted molar refractivity (Wildman–Crippen MR) is 115 cm³/mol. The van der Waals surface area contributed by atoms with Gasteiger partial charge in [-0.05, 0) is 56.2 Å². The molecule has 2 aromatic carbocycles. The number of aromatic nitrogens is 1. The summed E-state index contributed by atoms with van der Waals surface area (Å²) in [4.78, 5) is 16.0. The minimum Gasteiger partial charge on any atom is -0.489 e. The molecule has 0 amide bonds. The van der Waals surface area contributed by atoms with Crippen LogP contribution >= 0.6 is 0 Å². The molecule has 156 valence electrons. The number of aldehydes is 1. The highest BCUT2D eigenvalue weighted by Crippen LogP contribution is 2.26. The summed E-state index contributed by atoms with van der Waals surface area (Å²) < 4.78 is 33.1. The first-order chi connectivity index (χ1) is 14.5. The van der Waals surface area contributed by atoms with Crippen LogP contribution in [-0.4, -0.2) is 36.6 Å². The molecule has 0 spiro atoms. The van der Waals surface area contributed by atoms with E-state index in [-0.39, 0.29) is 4.90 Å². The third-order valence-electron chi connectivity index (χ3n) is 5.41. The summed E-state index contributed by atoms with van der Waals surface area (Å²) >= 11 is 0. The molecule has 3 aromatic rings. The van der Waals surface area contributed by atoms with Gasteiger partial charge in [0.2, 0.25) is 10.0 Å². The maximum atomic E-state index is 13.0. The summed E-state index contributed by atoms with van der Waals surface area (Å²) in [6, 6.07) is 15.7. The molecule has 0 radical (unpaired) electrons. The highest BCUT2D eigenvalue weighted by Gasteiger charge is 2.33. The van der Waals surface area contributed by atoms with E-state index in [1.54, 1.807) is 12.1 Å². The molecule has 1 aliphatic heterocycles. The third kappa shape index (κ3) is 4.08. The Bertz CT molecular complexity index is 1160. The van der Waals surface area contributed by atoms with Crippen molar-refractivity contribution < 1.29 is 17.9 Å². The Morgan fingerprint density at radius 1 is 1.13 bits per heavy atom. The second kappa shape index (κ2) is 8.53. The molecule has 2 heterocycles. The number of sulfonamides is 1. The number of carbonyl (C=O) groups is 1. The lowest BCUT2D eigenvalue weighted by Gasteiger charge is -2.31. The number of hydrogen-bond donors (Lipinski definition) is 0. The monoisotopic (exact) mass is 424 g/mol. The zero-order valence-electron chi connectivity index (χ0n) is 16.8. The number of ether oxygens (including phenoxy) is 1. The second-order valence-corrected chi connectivity index (χ2v) is 9.41. The van der Waals surface area contributed by atoms with Gasteiger partial charge in [0.25, 0.3) is 0 Å². The average Bonchev–Trinajstić information content (AvgIpc) is 2.77. The van der Waals surface area contributed by atoms with Crippen molar-refractivity contribution in [3.05, 3.63) is 65.9 Å². The van der Waals surface area contributed by atoms with Gasteiger partial charge >= 0.3 is 0 Å². The summed E-state index contributed by atoms with van der Waals surface area (Å²) in [5, 5.41) is 1.03. The molecule has 30 heavy (non-hydrogen) atoms. The Morgan fingerprint density at radius 3 is 2.67 bits per heavy atom. The largest absolute Gasteiger partial charge is 0.489 e. The van der Waals surface area contributed by atoms with Crippen LogP contribution in [0.3, 0.4) is 0 Å². The van der Waals surface area contributed by atoms with Crippen LogP contribution in [0.4, 0.5) is 0 Å². The highest BCUT2D eigenvalue weighted by molar-refractivity contribution is 7.89. The SMILES string of the molecule is Cc1cc(COc2ccc(S(=O)(=O)N3CCCCC3C=O)cc2)c2ccccc2n1. The van der Waals surface area contributed by atoms with Crippen LogP contribution in [0.25, 0.3) is 10.9 Å². The predicted octanol–water partition coefficient (Wildman–Crippen LogP) is 3.86. The molecule has 0 aliphatic carbocycles. The molecule has 0 N–H and O–H groups in total. The summed E-state index contributed by atoms with van der Waals surface area (Å²) in [7, 11) is -3.70. The number of nitrogens with zero attached hydrogens (tertiary/aromatic N) is 2. The minimum absolute atomic E-state index is 0.175. The lowest BCUT2D eigenvalue weighted by molar-refractivity contribution is -0.111.